The van der Waals surface area contributed by atoms with Crippen molar-refractivity contribution in [3.63, 3.8) is 0 Å². The van der Waals surface area contributed by atoms with E-state index in [1.807, 2.05) is 4.57 Å². The summed E-state index contributed by atoms with van der Waals surface area (Å²) in [6.07, 6.45) is 6.85. The van der Waals surface area contributed by atoms with E-state index in [2.05, 4.69) is 23.4 Å². The number of hydrogen-bond donors (Lipinski definition) is 1. The third-order valence-electron chi connectivity index (χ3n) is 4.51. The van der Waals surface area contributed by atoms with Gasteiger partial charge in [0.25, 0.3) is 5.56 Å². The van der Waals surface area contributed by atoms with E-state index in [0.29, 0.717) is 23.5 Å². The second-order valence-corrected chi connectivity index (χ2v) is 7.60. The van der Waals surface area contributed by atoms with Crippen molar-refractivity contribution in [2.75, 3.05) is 6.61 Å². The zero-order valence-corrected chi connectivity index (χ0v) is 17.2. The molecule has 0 saturated heterocycles. The Labute approximate surface area is 158 Å². The van der Waals surface area contributed by atoms with Gasteiger partial charge in [0.1, 0.15) is 0 Å². The Morgan fingerprint density at radius 3 is 2.52 bits per heavy atom. The molecule has 1 atom stereocenters. The molecule has 0 aromatic carbocycles. The van der Waals surface area contributed by atoms with Crippen molar-refractivity contribution in [3.8, 4) is 0 Å². The Morgan fingerprint density at radius 2 is 1.96 bits per heavy atom. The van der Waals surface area contributed by atoms with Crippen LogP contribution < -0.4 is 11.2 Å². The first-order valence-electron chi connectivity index (χ1n) is 9.41. The predicted octanol–water partition coefficient (Wildman–Crippen LogP) is 1.90. The van der Waals surface area contributed by atoms with E-state index >= 15 is 0 Å². The highest BCUT2D eigenvalue weighted by molar-refractivity contribution is 7.32. The highest BCUT2D eigenvalue weighted by atomic mass is 31.1. The molecule has 10 heteroatoms. The Morgan fingerprint density at radius 1 is 1.30 bits per heavy atom. The molecular formula is C17H29N4O5P. The third kappa shape index (κ3) is 5.64. The molecule has 152 valence electrons. The lowest BCUT2D eigenvalue weighted by Gasteiger charge is -2.09. The molecule has 1 aliphatic rings. The molecule has 2 aromatic rings. The van der Waals surface area contributed by atoms with E-state index in [1.165, 1.54) is 17.4 Å². The monoisotopic (exact) mass is 400 g/mol. The molecule has 1 saturated carbocycles. The fourth-order valence-electron chi connectivity index (χ4n) is 2.62. The first-order valence-corrected chi connectivity index (χ1v) is 10.7. The van der Waals surface area contributed by atoms with Crippen molar-refractivity contribution in [1.29, 1.82) is 0 Å². The molecule has 27 heavy (non-hydrogen) atoms. The van der Waals surface area contributed by atoms with Crippen molar-refractivity contribution in [1.82, 2.24) is 18.7 Å². The number of rotatable bonds is 8. The number of imidazole rings is 1. The molecule has 0 spiro atoms. The number of aryl methyl sites for hydroxylation is 1. The fourth-order valence-corrected chi connectivity index (χ4v) is 2.94. The average Bonchev–Trinajstić information content (AvgIpc) is 3.36. The molecule has 1 N–H and O–H groups in total. The summed E-state index contributed by atoms with van der Waals surface area (Å²) in [5.41, 5.74) is -0.0158. The van der Waals surface area contributed by atoms with E-state index in [1.54, 1.807) is 13.4 Å². The lowest BCUT2D eigenvalue weighted by Crippen LogP contribution is -2.40. The molecule has 3 rings (SSSR count). The van der Waals surface area contributed by atoms with Crippen LogP contribution >= 0.6 is 8.25 Å². The van der Waals surface area contributed by atoms with Crippen LogP contribution in [0.3, 0.4) is 0 Å². The molecule has 9 nitrogen and oxygen atoms in total. The molecule has 0 aliphatic heterocycles. The fraction of sp³-hybridized carbons (Fsp3) is 0.706. The highest BCUT2D eigenvalue weighted by Crippen LogP contribution is 2.31. The summed E-state index contributed by atoms with van der Waals surface area (Å²) < 4.78 is 19.4. The van der Waals surface area contributed by atoms with Gasteiger partial charge in [-0.15, -0.1) is 0 Å². The van der Waals surface area contributed by atoms with Gasteiger partial charge in [0.15, 0.2) is 11.2 Å². The largest absolute Gasteiger partial charge is 0.332 e. The van der Waals surface area contributed by atoms with Crippen molar-refractivity contribution in [2.45, 2.75) is 59.0 Å². The molecule has 2 heterocycles. The van der Waals surface area contributed by atoms with Gasteiger partial charge in [-0.05, 0) is 25.2 Å². The first kappa shape index (κ1) is 21.6. The van der Waals surface area contributed by atoms with Gasteiger partial charge in [-0.25, -0.2) is 9.78 Å². The van der Waals surface area contributed by atoms with Gasteiger partial charge in [0.05, 0.1) is 12.9 Å². The number of fused-ring (bicyclic) bond motifs is 1. The minimum absolute atomic E-state index is 0.0171. The van der Waals surface area contributed by atoms with Crippen LogP contribution in [0.4, 0.5) is 0 Å². The Balaban J connectivity index is 0.000000596. The summed E-state index contributed by atoms with van der Waals surface area (Å²) >= 11 is 0. The van der Waals surface area contributed by atoms with Gasteiger partial charge >= 0.3 is 13.9 Å². The van der Waals surface area contributed by atoms with Gasteiger partial charge in [0, 0.05) is 20.1 Å². The first-order chi connectivity index (χ1) is 12.9. The van der Waals surface area contributed by atoms with Gasteiger partial charge in [-0.3, -0.25) is 18.5 Å². The Hall–Kier alpha value is -1.70. The predicted molar refractivity (Wildman–Crippen MR) is 104 cm³/mol. The summed E-state index contributed by atoms with van der Waals surface area (Å²) in [5.74, 6) is 0.577. The lowest BCUT2D eigenvalue weighted by atomic mass is 10.4. The number of unbranched alkanes of at least 4 members (excludes halogenated alkanes) is 1. The number of nitrogens with zero attached hydrogens (tertiary/aromatic N) is 4. The van der Waals surface area contributed by atoms with E-state index in [9.17, 15) is 14.2 Å². The second-order valence-electron chi connectivity index (χ2n) is 6.78. The SMILES string of the molecule is CCCC.Cn1c(=O)n(CCCO[PH](=O)O)c(=O)c2c1ncn2CC1CC1. The van der Waals surface area contributed by atoms with Gasteiger partial charge in [-0.1, -0.05) is 26.7 Å². The zero-order valence-electron chi connectivity index (χ0n) is 16.2. The van der Waals surface area contributed by atoms with Crippen LogP contribution in [-0.4, -0.2) is 30.2 Å². The smallest absolute Gasteiger partial charge is 0.326 e. The van der Waals surface area contributed by atoms with Crippen LogP contribution in [0.5, 0.6) is 0 Å². The average molecular weight is 400 g/mol. The van der Waals surface area contributed by atoms with Crippen molar-refractivity contribution in [3.05, 3.63) is 27.2 Å². The molecule has 0 bridgehead atoms. The Kier molecular flexibility index (Phi) is 8.01. The molecule has 1 unspecified atom stereocenters. The molecule has 1 fully saturated rings. The summed E-state index contributed by atoms with van der Waals surface area (Å²) in [5, 5.41) is 0. The van der Waals surface area contributed by atoms with E-state index in [4.69, 9.17) is 4.89 Å². The lowest BCUT2D eigenvalue weighted by molar-refractivity contribution is 0.270. The van der Waals surface area contributed by atoms with Crippen LogP contribution in [0.2, 0.25) is 0 Å². The summed E-state index contributed by atoms with van der Waals surface area (Å²) in [6, 6.07) is 0. The maximum atomic E-state index is 12.7. The van der Waals surface area contributed by atoms with Crippen LogP contribution in [0.1, 0.15) is 46.0 Å². The van der Waals surface area contributed by atoms with Gasteiger partial charge < -0.3 is 14.0 Å². The van der Waals surface area contributed by atoms with Crippen molar-refractivity contribution >= 4 is 19.4 Å². The standard InChI is InChI=1S/C13H19N4O5P.C4H10/c1-15-11-10(16(8-14-11)7-9-3-4-9)12(18)17(13(15)19)5-2-6-22-23(20)21;1-3-4-2/h8-9,23H,2-7H2,1H3,(H,20,21);3-4H2,1-2H3. The molecule has 2 aromatic heterocycles. The maximum absolute atomic E-state index is 12.7. The molecule has 0 radical (unpaired) electrons. The molecular weight excluding hydrogens is 371 g/mol. The summed E-state index contributed by atoms with van der Waals surface area (Å²) in [7, 11) is -1.41. The van der Waals surface area contributed by atoms with E-state index in [-0.39, 0.29) is 18.7 Å². The topological polar surface area (TPSA) is 108 Å². The quantitative estimate of drug-likeness (QED) is 0.536. The normalized spacial score (nSPS) is 14.8. The summed E-state index contributed by atoms with van der Waals surface area (Å²) in [6.45, 7) is 5.24. The van der Waals surface area contributed by atoms with Crippen LogP contribution in [-0.2, 0) is 29.2 Å². The summed E-state index contributed by atoms with van der Waals surface area (Å²) in [4.78, 5) is 37.8. The zero-order chi connectivity index (χ0) is 20.0. The van der Waals surface area contributed by atoms with Crippen molar-refractivity contribution in [2.24, 2.45) is 13.0 Å². The van der Waals surface area contributed by atoms with Crippen LogP contribution in [0.15, 0.2) is 15.9 Å². The van der Waals surface area contributed by atoms with Crippen molar-refractivity contribution < 1.29 is 14.0 Å². The minimum Gasteiger partial charge on any atom is -0.326 e. The maximum Gasteiger partial charge on any atom is 0.332 e. The van der Waals surface area contributed by atoms with E-state index < -0.39 is 13.9 Å². The second kappa shape index (κ2) is 10.0. The third-order valence-corrected chi connectivity index (χ3v) is 4.96. The number of hydrogen-bond acceptors (Lipinski definition) is 5. The van der Waals surface area contributed by atoms with Crippen LogP contribution in [0.25, 0.3) is 11.2 Å². The van der Waals surface area contributed by atoms with Gasteiger partial charge in [-0.2, -0.15) is 0 Å². The van der Waals surface area contributed by atoms with Crippen LogP contribution in [0, 0.1) is 5.92 Å². The Bertz CT molecular complexity index is 895. The van der Waals surface area contributed by atoms with Gasteiger partial charge in [0.2, 0.25) is 0 Å². The minimum atomic E-state index is -2.99. The molecule has 1 aliphatic carbocycles. The number of aromatic nitrogens is 4. The molecule has 0 amide bonds. The highest BCUT2D eigenvalue weighted by Gasteiger charge is 2.24. The van der Waals surface area contributed by atoms with E-state index in [0.717, 1.165) is 24.0 Å².